The lowest BCUT2D eigenvalue weighted by atomic mass is 9.82. The van der Waals surface area contributed by atoms with E-state index in [0.717, 1.165) is 36.1 Å². The topological polar surface area (TPSA) is 73.2 Å². The van der Waals surface area contributed by atoms with Crippen molar-refractivity contribution in [3.05, 3.63) is 41.1 Å². The normalized spacial score (nSPS) is 16.7. The Morgan fingerprint density at radius 1 is 1.32 bits per heavy atom. The molecule has 1 aromatic heterocycles. The quantitative estimate of drug-likeness (QED) is 0.925. The predicted octanol–water partition coefficient (Wildman–Crippen LogP) is 2.75. The summed E-state index contributed by atoms with van der Waals surface area (Å²) in [5, 5.41) is 9.55. The Bertz CT molecular complexity index is 744. The smallest absolute Gasteiger partial charge is 0.289 e. The molecule has 2 aromatic rings. The van der Waals surface area contributed by atoms with Crippen molar-refractivity contribution < 1.29 is 9.72 Å². The van der Waals surface area contributed by atoms with Gasteiger partial charge < -0.3 is 4.74 Å². The number of aryl methyl sites for hydroxylation is 1. The van der Waals surface area contributed by atoms with Gasteiger partial charge in [-0.25, -0.2) is 4.98 Å². The van der Waals surface area contributed by atoms with Crippen molar-refractivity contribution in [2.75, 3.05) is 12.8 Å². The maximum atomic E-state index is 9.55. The third-order valence-corrected chi connectivity index (χ3v) is 4.40. The molecule has 0 fully saturated rings. The van der Waals surface area contributed by atoms with Crippen molar-refractivity contribution in [1.29, 1.82) is 5.26 Å². The second-order valence-corrected chi connectivity index (χ2v) is 5.93. The second-order valence-electron chi connectivity index (χ2n) is 5.93. The van der Waals surface area contributed by atoms with Crippen LogP contribution in [0.2, 0.25) is 0 Å². The molecule has 0 aliphatic heterocycles. The van der Waals surface area contributed by atoms with Crippen LogP contribution in [0, 0.1) is 17.2 Å². The number of hydrogen-bond acceptors (Lipinski definition) is 3. The zero-order chi connectivity index (χ0) is 15.7. The molecule has 0 spiro atoms. The standard InChI is InChI=1S/C18H19N3O/c1-11-3-8-16-14(9-11)17(15(10-19)18(20)21-16)12-4-6-13(22-2)7-5-12/h4-7,11H,3,8-9H2,1-2H3,(H2,20,21)/p+1/t11-/m0/s1. The van der Waals surface area contributed by atoms with Crippen LogP contribution in [-0.2, 0) is 12.8 Å². The molecular formula is C18H20N3O+. The Morgan fingerprint density at radius 2 is 2.05 bits per heavy atom. The fourth-order valence-electron chi connectivity index (χ4n) is 3.21. The van der Waals surface area contributed by atoms with Gasteiger partial charge >= 0.3 is 0 Å². The number of aromatic amines is 1. The van der Waals surface area contributed by atoms with Crippen LogP contribution in [0.4, 0.5) is 5.82 Å². The Balaban J connectivity index is 2.23. The molecule has 0 saturated carbocycles. The molecular weight excluding hydrogens is 274 g/mol. The van der Waals surface area contributed by atoms with Crippen LogP contribution < -0.4 is 15.5 Å². The average Bonchev–Trinajstić information content (AvgIpc) is 2.54. The van der Waals surface area contributed by atoms with E-state index in [4.69, 9.17) is 10.5 Å². The summed E-state index contributed by atoms with van der Waals surface area (Å²) in [6, 6.07) is 10.1. The van der Waals surface area contributed by atoms with Gasteiger partial charge in [-0.3, -0.25) is 5.73 Å². The van der Waals surface area contributed by atoms with E-state index in [-0.39, 0.29) is 0 Å². The summed E-state index contributed by atoms with van der Waals surface area (Å²) in [4.78, 5) is 3.23. The summed E-state index contributed by atoms with van der Waals surface area (Å²) < 4.78 is 5.22. The van der Waals surface area contributed by atoms with E-state index in [0.29, 0.717) is 17.3 Å². The van der Waals surface area contributed by atoms with Crippen LogP contribution in [0.25, 0.3) is 11.1 Å². The zero-order valence-corrected chi connectivity index (χ0v) is 12.9. The van der Waals surface area contributed by atoms with Crippen LogP contribution in [-0.4, -0.2) is 7.11 Å². The molecule has 22 heavy (non-hydrogen) atoms. The molecule has 1 aliphatic carbocycles. The third kappa shape index (κ3) is 2.39. The van der Waals surface area contributed by atoms with Crippen LogP contribution >= 0.6 is 0 Å². The van der Waals surface area contributed by atoms with Gasteiger partial charge in [-0.15, -0.1) is 0 Å². The zero-order valence-electron chi connectivity index (χ0n) is 12.9. The number of methoxy groups -OCH3 is 1. The molecule has 1 atom stereocenters. The number of fused-ring (bicyclic) bond motifs is 1. The fraction of sp³-hybridized carbons (Fsp3) is 0.333. The van der Waals surface area contributed by atoms with Crippen LogP contribution in [0.1, 0.15) is 30.2 Å². The molecule has 0 saturated heterocycles. The molecule has 0 bridgehead atoms. The van der Waals surface area contributed by atoms with Crippen LogP contribution in [0.3, 0.4) is 0 Å². The minimum atomic E-state index is 0.460. The summed E-state index contributed by atoms with van der Waals surface area (Å²) in [5.74, 6) is 1.88. The summed E-state index contributed by atoms with van der Waals surface area (Å²) in [7, 11) is 1.65. The van der Waals surface area contributed by atoms with Gasteiger partial charge in [-0.2, -0.15) is 5.26 Å². The first-order valence-electron chi connectivity index (χ1n) is 7.55. The number of ether oxygens (including phenoxy) is 1. The first-order chi connectivity index (χ1) is 10.6. The largest absolute Gasteiger partial charge is 0.497 e. The Hall–Kier alpha value is -2.54. The number of aromatic nitrogens is 1. The molecule has 3 N–H and O–H groups in total. The number of nitriles is 1. The molecule has 4 heteroatoms. The molecule has 0 unspecified atom stereocenters. The van der Waals surface area contributed by atoms with Crippen molar-refractivity contribution in [2.24, 2.45) is 5.92 Å². The SMILES string of the molecule is COc1ccc(-c2c(C#N)c(N)[nH+]c3c2C[C@@H](C)CC3)cc1. The molecule has 1 heterocycles. The van der Waals surface area contributed by atoms with Gasteiger partial charge in [0.2, 0.25) is 0 Å². The van der Waals surface area contributed by atoms with E-state index < -0.39 is 0 Å². The molecule has 0 amide bonds. The van der Waals surface area contributed by atoms with Gasteiger partial charge in [0.05, 0.1) is 7.11 Å². The number of nitrogens with one attached hydrogen (secondary N) is 1. The van der Waals surface area contributed by atoms with Crippen LogP contribution in [0.15, 0.2) is 24.3 Å². The number of nitrogen functional groups attached to an aromatic ring is 1. The average molecular weight is 294 g/mol. The number of benzene rings is 1. The summed E-state index contributed by atoms with van der Waals surface area (Å²) in [6.07, 6.45) is 3.11. The molecule has 1 aromatic carbocycles. The Kier molecular flexibility index (Phi) is 3.72. The number of H-pyrrole nitrogens is 1. The third-order valence-electron chi connectivity index (χ3n) is 4.40. The van der Waals surface area contributed by atoms with Crippen molar-refractivity contribution in [1.82, 2.24) is 0 Å². The van der Waals surface area contributed by atoms with Gasteiger partial charge in [0.25, 0.3) is 5.82 Å². The van der Waals surface area contributed by atoms with Gasteiger partial charge in [0.15, 0.2) is 0 Å². The lowest BCUT2D eigenvalue weighted by Crippen LogP contribution is -2.26. The summed E-state index contributed by atoms with van der Waals surface area (Å²) >= 11 is 0. The highest BCUT2D eigenvalue weighted by Crippen LogP contribution is 2.36. The van der Waals surface area contributed by atoms with Gasteiger partial charge in [-0.05, 0) is 36.5 Å². The van der Waals surface area contributed by atoms with E-state index >= 15 is 0 Å². The first-order valence-corrected chi connectivity index (χ1v) is 7.55. The monoisotopic (exact) mass is 294 g/mol. The lowest BCUT2D eigenvalue weighted by Gasteiger charge is -2.23. The maximum Gasteiger partial charge on any atom is 0.289 e. The van der Waals surface area contributed by atoms with E-state index in [1.165, 1.54) is 11.3 Å². The van der Waals surface area contributed by atoms with Gasteiger partial charge in [0.1, 0.15) is 23.1 Å². The maximum absolute atomic E-state index is 9.55. The number of nitrogens with two attached hydrogens (primary N) is 1. The highest BCUT2D eigenvalue weighted by Gasteiger charge is 2.27. The molecule has 0 radical (unpaired) electrons. The van der Waals surface area contributed by atoms with Crippen molar-refractivity contribution in [3.8, 4) is 22.9 Å². The lowest BCUT2D eigenvalue weighted by molar-refractivity contribution is -0.375. The highest BCUT2D eigenvalue weighted by molar-refractivity contribution is 5.78. The molecule has 4 nitrogen and oxygen atoms in total. The molecule has 3 rings (SSSR count). The van der Waals surface area contributed by atoms with Gasteiger partial charge in [0, 0.05) is 17.5 Å². The van der Waals surface area contributed by atoms with Gasteiger partial charge in [-0.1, -0.05) is 19.1 Å². The second kappa shape index (κ2) is 5.69. The Morgan fingerprint density at radius 3 is 2.68 bits per heavy atom. The van der Waals surface area contributed by atoms with Crippen molar-refractivity contribution in [2.45, 2.75) is 26.2 Å². The van der Waals surface area contributed by atoms with E-state index in [1.807, 2.05) is 24.3 Å². The number of rotatable bonds is 2. The number of hydrogen-bond donors (Lipinski definition) is 1. The first kappa shape index (κ1) is 14.4. The summed E-state index contributed by atoms with van der Waals surface area (Å²) in [6.45, 7) is 2.25. The summed E-state index contributed by atoms with van der Waals surface area (Å²) in [5.41, 5.74) is 11.0. The predicted molar refractivity (Wildman–Crippen MR) is 85.3 cm³/mol. The van der Waals surface area contributed by atoms with Crippen LogP contribution in [0.5, 0.6) is 5.75 Å². The molecule has 1 aliphatic rings. The molecule has 112 valence electrons. The number of anilines is 1. The highest BCUT2D eigenvalue weighted by atomic mass is 16.5. The minimum Gasteiger partial charge on any atom is -0.497 e. The Labute approximate surface area is 130 Å². The number of nitrogens with zero attached hydrogens (tertiary/aromatic N) is 1. The van der Waals surface area contributed by atoms with E-state index in [1.54, 1.807) is 7.11 Å². The fourth-order valence-corrected chi connectivity index (χ4v) is 3.21. The van der Waals surface area contributed by atoms with E-state index in [9.17, 15) is 5.26 Å². The van der Waals surface area contributed by atoms with E-state index in [2.05, 4.69) is 18.0 Å². The number of pyridine rings is 1. The van der Waals surface area contributed by atoms with Crippen molar-refractivity contribution >= 4 is 5.82 Å². The van der Waals surface area contributed by atoms with Crippen molar-refractivity contribution in [3.63, 3.8) is 0 Å². The minimum absolute atomic E-state index is 0.460.